The van der Waals surface area contributed by atoms with Gasteiger partial charge in [0.05, 0.1) is 0 Å². The summed E-state index contributed by atoms with van der Waals surface area (Å²) in [6.45, 7) is 11.2. The molecule has 1 saturated carbocycles. The predicted molar refractivity (Wildman–Crippen MR) is 145 cm³/mol. The number of benzene rings is 1. The van der Waals surface area contributed by atoms with Crippen LogP contribution >= 0.6 is 0 Å². The summed E-state index contributed by atoms with van der Waals surface area (Å²) in [5, 5.41) is 11.1. The van der Waals surface area contributed by atoms with Crippen LogP contribution in [0.4, 0.5) is 9.18 Å². The molecule has 9 heteroatoms. The van der Waals surface area contributed by atoms with Gasteiger partial charge in [-0.15, -0.1) is 0 Å². The van der Waals surface area contributed by atoms with Crippen molar-refractivity contribution in [2.24, 2.45) is 18.0 Å². The first kappa shape index (κ1) is 26.6. The quantitative estimate of drug-likeness (QED) is 0.413. The van der Waals surface area contributed by atoms with E-state index in [1.807, 2.05) is 26.1 Å². The zero-order chi connectivity index (χ0) is 26.7. The van der Waals surface area contributed by atoms with Crippen LogP contribution in [0.2, 0.25) is 0 Å². The van der Waals surface area contributed by atoms with E-state index in [1.54, 1.807) is 15.7 Å². The van der Waals surface area contributed by atoms with Crippen molar-refractivity contribution >= 4 is 35.1 Å². The third-order valence-electron chi connectivity index (χ3n) is 7.36. The molecule has 0 bridgehead atoms. The molecule has 2 heterocycles. The van der Waals surface area contributed by atoms with Crippen molar-refractivity contribution in [1.29, 1.82) is 0 Å². The molecule has 198 valence electrons. The van der Waals surface area contributed by atoms with E-state index >= 15 is 4.39 Å². The summed E-state index contributed by atoms with van der Waals surface area (Å²) in [7, 11) is 1.83. The van der Waals surface area contributed by atoms with Crippen LogP contribution in [0.1, 0.15) is 70.1 Å². The van der Waals surface area contributed by atoms with E-state index in [0.717, 1.165) is 49.9 Å². The Hall–Kier alpha value is -3.49. The molecule has 3 amide bonds. The number of hydrogen-bond acceptors (Lipinski definition) is 4. The highest BCUT2D eigenvalue weighted by Gasteiger charge is 2.30. The number of nitrogens with one attached hydrogen (secondary N) is 2. The minimum Gasteiger partial charge on any atom is -0.335 e. The van der Waals surface area contributed by atoms with Gasteiger partial charge in [-0.2, -0.15) is 5.10 Å². The van der Waals surface area contributed by atoms with Crippen molar-refractivity contribution in [1.82, 2.24) is 25.3 Å². The van der Waals surface area contributed by atoms with Crippen LogP contribution in [-0.4, -0.2) is 52.5 Å². The predicted octanol–water partition coefficient (Wildman–Crippen LogP) is 4.87. The summed E-state index contributed by atoms with van der Waals surface area (Å²) in [6, 6.07) is 3.33. The average molecular weight is 509 g/mol. The number of nitrogens with zero attached hydrogens (tertiary/aromatic N) is 4. The second kappa shape index (κ2) is 11.3. The SMILES string of the molecule is C=N/C(=C\C(=C/C)c1cc(F)c2nn(C)c(C(C)C)c2c1)NC(=O)[C@H]1CCC[C@@H](NC(=O)N2CCC2)C1. The smallest absolute Gasteiger partial charge is 0.317 e. The second-order valence-electron chi connectivity index (χ2n) is 10.3. The normalized spacial score (nSPS) is 20.6. The number of halogens is 1. The Morgan fingerprint density at radius 2 is 2.00 bits per heavy atom. The highest BCUT2D eigenvalue weighted by molar-refractivity contribution is 5.89. The summed E-state index contributed by atoms with van der Waals surface area (Å²) in [4.78, 5) is 31.2. The minimum absolute atomic E-state index is 0.0165. The fraction of sp³-hybridized carbons (Fsp3) is 0.500. The lowest BCUT2D eigenvalue weighted by molar-refractivity contribution is -0.125. The lowest BCUT2D eigenvalue weighted by atomic mass is 9.85. The minimum atomic E-state index is -0.395. The number of amides is 3. The first-order valence-corrected chi connectivity index (χ1v) is 13.1. The number of likely N-dealkylation sites (tertiary alicyclic amines) is 1. The van der Waals surface area contributed by atoms with E-state index in [9.17, 15) is 9.59 Å². The van der Waals surface area contributed by atoms with E-state index in [1.165, 1.54) is 6.07 Å². The van der Waals surface area contributed by atoms with Gasteiger partial charge in [0, 0.05) is 43.2 Å². The molecule has 0 radical (unpaired) electrons. The lowest BCUT2D eigenvalue weighted by Crippen LogP contribution is -2.52. The van der Waals surface area contributed by atoms with Gasteiger partial charge in [0.1, 0.15) is 11.3 Å². The van der Waals surface area contributed by atoms with Crippen LogP contribution in [-0.2, 0) is 11.8 Å². The standard InChI is InChI=1S/C28H37FN6O2/c1-6-18(20-14-22-25(23(29)15-20)33-34(5)26(22)17(2)3)16-24(30-4)32-27(36)19-9-7-10-21(13-19)31-28(37)35-11-8-12-35/h6,14-17,19,21H,4,7-13H2,1-3,5H3,(H,31,37)(H,32,36)/b18-6+,24-16+/t19-,21+/m0/s1. The van der Waals surface area contributed by atoms with Crippen molar-refractivity contribution in [2.75, 3.05) is 13.1 Å². The largest absolute Gasteiger partial charge is 0.335 e. The Labute approximate surface area is 217 Å². The number of carbonyl (C=O) groups is 2. The molecule has 1 aliphatic heterocycles. The van der Waals surface area contributed by atoms with Crippen LogP contribution in [0.3, 0.4) is 0 Å². The summed E-state index contributed by atoms with van der Waals surface area (Å²) in [6.07, 6.45) is 7.69. The van der Waals surface area contributed by atoms with E-state index in [4.69, 9.17) is 0 Å². The molecular weight excluding hydrogens is 471 g/mol. The zero-order valence-electron chi connectivity index (χ0n) is 22.2. The Morgan fingerprint density at radius 1 is 1.24 bits per heavy atom. The van der Waals surface area contributed by atoms with Gasteiger partial charge in [-0.1, -0.05) is 26.3 Å². The van der Waals surface area contributed by atoms with Gasteiger partial charge in [-0.25, -0.2) is 14.2 Å². The number of allylic oxidation sites excluding steroid dienone is 3. The maximum Gasteiger partial charge on any atom is 0.317 e. The maximum absolute atomic E-state index is 15.0. The Morgan fingerprint density at radius 3 is 2.62 bits per heavy atom. The van der Waals surface area contributed by atoms with Crippen LogP contribution in [0.15, 0.2) is 35.1 Å². The van der Waals surface area contributed by atoms with Crippen LogP contribution < -0.4 is 10.6 Å². The number of aliphatic imine (C=N–C) groups is 1. The van der Waals surface area contributed by atoms with Crippen LogP contribution in [0.25, 0.3) is 16.5 Å². The lowest BCUT2D eigenvalue weighted by Gasteiger charge is -2.35. The summed E-state index contributed by atoms with van der Waals surface area (Å²) in [5.41, 5.74) is 2.69. The van der Waals surface area contributed by atoms with Gasteiger partial charge in [-0.05, 0) is 74.6 Å². The van der Waals surface area contributed by atoms with E-state index in [2.05, 4.69) is 41.3 Å². The molecule has 2 aliphatic rings. The number of carbonyl (C=O) groups excluding carboxylic acids is 2. The van der Waals surface area contributed by atoms with Crippen molar-refractivity contribution in [3.8, 4) is 0 Å². The second-order valence-corrected chi connectivity index (χ2v) is 10.3. The number of aryl methyl sites for hydroxylation is 1. The molecule has 2 fully saturated rings. The van der Waals surface area contributed by atoms with Crippen LogP contribution in [0, 0.1) is 11.7 Å². The zero-order valence-corrected chi connectivity index (χ0v) is 22.2. The first-order valence-electron chi connectivity index (χ1n) is 13.1. The topological polar surface area (TPSA) is 91.6 Å². The number of aromatic nitrogens is 2. The first-order chi connectivity index (χ1) is 17.7. The van der Waals surface area contributed by atoms with Gasteiger partial charge >= 0.3 is 6.03 Å². The van der Waals surface area contributed by atoms with Gasteiger partial charge in [-0.3, -0.25) is 9.48 Å². The molecule has 37 heavy (non-hydrogen) atoms. The molecular formula is C28H37FN6O2. The van der Waals surface area contributed by atoms with Crippen LogP contribution in [0.5, 0.6) is 0 Å². The third kappa shape index (κ3) is 5.76. The Balaban J connectivity index is 1.49. The van der Waals surface area contributed by atoms with Crippen molar-refractivity contribution in [2.45, 2.75) is 64.8 Å². The molecule has 8 nitrogen and oxygen atoms in total. The van der Waals surface area contributed by atoms with Crippen molar-refractivity contribution in [3.05, 3.63) is 47.2 Å². The highest BCUT2D eigenvalue weighted by Crippen LogP contribution is 2.31. The molecule has 4 rings (SSSR count). The molecule has 1 aromatic heterocycles. The Bertz CT molecular complexity index is 1260. The molecule has 0 spiro atoms. The van der Waals surface area contributed by atoms with E-state index in [-0.39, 0.29) is 29.8 Å². The molecule has 2 N–H and O–H groups in total. The molecule has 0 unspecified atom stereocenters. The molecule has 1 aromatic carbocycles. The molecule has 2 atom stereocenters. The number of fused-ring (bicyclic) bond motifs is 1. The fourth-order valence-electron chi connectivity index (χ4n) is 5.30. The number of hydrogen-bond donors (Lipinski definition) is 2. The monoisotopic (exact) mass is 508 g/mol. The van der Waals surface area contributed by atoms with Gasteiger partial charge in [0.2, 0.25) is 5.91 Å². The van der Waals surface area contributed by atoms with Gasteiger partial charge < -0.3 is 15.5 Å². The molecule has 1 saturated heterocycles. The van der Waals surface area contributed by atoms with Crippen molar-refractivity contribution < 1.29 is 14.0 Å². The summed E-state index contributed by atoms with van der Waals surface area (Å²) >= 11 is 0. The average Bonchev–Trinajstić information content (AvgIpc) is 3.17. The Kier molecular flexibility index (Phi) is 8.10. The fourth-order valence-corrected chi connectivity index (χ4v) is 5.30. The number of rotatable bonds is 7. The highest BCUT2D eigenvalue weighted by atomic mass is 19.1. The van der Waals surface area contributed by atoms with Gasteiger partial charge in [0.15, 0.2) is 5.82 Å². The van der Waals surface area contributed by atoms with E-state index in [0.29, 0.717) is 28.9 Å². The maximum atomic E-state index is 15.0. The molecule has 1 aliphatic carbocycles. The van der Waals surface area contributed by atoms with Crippen molar-refractivity contribution in [3.63, 3.8) is 0 Å². The summed E-state index contributed by atoms with van der Waals surface area (Å²) < 4.78 is 16.7. The van der Waals surface area contributed by atoms with E-state index < -0.39 is 5.82 Å². The summed E-state index contributed by atoms with van der Waals surface area (Å²) in [5.74, 6) is -0.289. The third-order valence-corrected chi connectivity index (χ3v) is 7.36. The molecule has 2 aromatic rings. The number of urea groups is 1. The van der Waals surface area contributed by atoms with Gasteiger partial charge in [0.25, 0.3) is 0 Å².